The van der Waals surface area contributed by atoms with Gasteiger partial charge in [0.2, 0.25) is 0 Å². The molecule has 5 heteroatoms. The van der Waals surface area contributed by atoms with Gasteiger partial charge in [0.1, 0.15) is 11.6 Å². The van der Waals surface area contributed by atoms with Gasteiger partial charge in [0.25, 0.3) is 0 Å². The number of hydrogen-bond acceptors (Lipinski definition) is 4. The molecule has 4 nitrogen and oxygen atoms in total. The van der Waals surface area contributed by atoms with Crippen LogP contribution in [0, 0.1) is 5.82 Å². The molecular weight excluding hydrogens is 299 g/mol. The lowest BCUT2D eigenvalue weighted by atomic mass is 10.1. The van der Waals surface area contributed by atoms with E-state index in [1.165, 1.54) is 45.6 Å². The Kier molecular flexibility index (Phi) is 5.36. The van der Waals surface area contributed by atoms with Gasteiger partial charge in [0.05, 0.1) is 26.9 Å². The molecule has 0 radical (unpaired) electrons. The van der Waals surface area contributed by atoms with Gasteiger partial charge in [-0.2, -0.15) is 0 Å². The average Bonchev–Trinajstić information content (AvgIpc) is 2.59. The van der Waals surface area contributed by atoms with E-state index in [1.807, 2.05) is 0 Å². The Hall–Kier alpha value is -2.82. The lowest BCUT2D eigenvalue weighted by molar-refractivity contribution is 0.104. The minimum atomic E-state index is -0.554. The number of rotatable bonds is 6. The van der Waals surface area contributed by atoms with E-state index in [1.54, 1.807) is 24.3 Å². The third-order valence-electron chi connectivity index (χ3n) is 3.29. The van der Waals surface area contributed by atoms with Crippen molar-refractivity contribution >= 4 is 11.9 Å². The summed E-state index contributed by atoms with van der Waals surface area (Å²) in [6.45, 7) is 0. The Bertz CT molecular complexity index is 738. The van der Waals surface area contributed by atoms with E-state index in [-0.39, 0.29) is 5.56 Å². The first-order valence-electron chi connectivity index (χ1n) is 6.87. The number of carbonyl (C=O) groups excluding carboxylic acids is 1. The molecule has 2 rings (SSSR count). The Balaban J connectivity index is 2.35. The number of methoxy groups -OCH3 is 3. The highest BCUT2D eigenvalue weighted by molar-refractivity contribution is 6.07. The van der Waals surface area contributed by atoms with Crippen molar-refractivity contribution in [3.63, 3.8) is 0 Å². The van der Waals surface area contributed by atoms with Crippen molar-refractivity contribution in [2.75, 3.05) is 21.3 Å². The van der Waals surface area contributed by atoms with Crippen LogP contribution in [0.2, 0.25) is 0 Å². The highest BCUT2D eigenvalue weighted by atomic mass is 19.1. The molecule has 0 heterocycles. The molecule has 23 heavy (non-hydrogen) atoms. The molecule has 0 saturated carbocycles. The minimum absolute atomic E-state index is 0.0168. The van der Waals surface area contributed by atoms with Crippen LogP contribution < -0.4 is 14.2 Å². The van der Waals surface area contributed by atoms with Gasteiger partial charge in [-0.25, -0.2) is 4.39 Å². The first-order chi connectivity index (χ1) is 11.1. The molecule has 0 aliphatic carbocycles. The predicted octanol–water partition coefficient (Wildman–Crippen LogP) is 3.75. The molecule has 0 bridgehead atoms. The van der Waals surface area contributed by atoms with Crippen molar-refractivity contribution in [1.82, 2.24) is 0 Å². The van der Waals surface area contributed by atoms with E-state index in [4.69, 9.17) is 14.2 Å². The monoisotopic (exact) mass is 316 g/mol. The highest BCUT2D eigenvalue weighted by Gasteiger charge is 2.11. The van der Waals surface area contributed by atoms with Crippen molar-refractivity contribution in [2.45, 2.75) is 0 Å². The second-order valence-electron chi connectivity index (χ2n) is 4.63. The Morgan fingerprint density at radius 1 is 0.957 bits per heavy atom. The molecule has 0 N–H and O–H groups in total. The number of ether oxygens (including phenoxy) is 3. The number of allylic oxidation sites excluding steroid dienone is 1. The van der Waals surface area contributed by atoms with Gasteiger partial charge in [-0.3, -0.25) is 4.79 Å². The van der Waals surface area contributed by atoms with E-state index >= 15 is 0 Å². The Labute approximate surface area is 134 Å². The van der Waals surface area contributed by atoms with Crippen molar-refractivity contribution in [2.24, 2.45) is 0 Å². The van der Waals surface area contributed by atoms with Crippen LogP contribution in [0.3, 0.4) is 0 Å². The third-order valence-corrected chi connectivity index (χ3v) is 3.29. The fourth-order valence-electron chi connectivity index (χ4n) is 2.10. The normalized spacial score (nSPS) is 10.6. The summed E-state index contributed by atoms with van der Waals surface area (Å²) in [6.07, 6.45) is 2.84. The maximum atomic E-state index is 13.6. The molecule has 0 spiro atoms. The molecule has 0 atom stereocenters. The van der Waals surface area contributed by atoms with E-state index in [2.05, 4.69) is 0 Å². The summed E-state index contributed by atoms with van der Waals surface area (Å²) in [6, 6.07) is 9.18. The predicted molar refractivity (Wildman–Crippen MR) is 85.9 cm³/mol. The van der Waals surface area contributed by atoms with Crippen LogP contribution in [0.5, 0.6) is 17.2 Å². The van der Waals surface area contributed by atoms with Gasteiger partial charge in [0.15, 0.2) is 17.3 Å². The Morgan fingerprint density at radius 3 is 2.17 bits per heavy atom. The Morgan fingerprint density at radius 2 is 1.57 bits per heavy atom. The molecular formula is C18H17FO4. The van der Waals surface area contributed by atoms with E-state index in [9.17, 15) is 9.18 Å². The van der Waals surface area contributed by atoms with Crippen LogP contribution in [0.4, 0.5) is 4.39 Å². The fraction of sp³-hybridized carbons (Fsp3) is 0.167. The molecule has 0 fully saturated rings. The van der Waals surface area contributed by atoms with Crippen molar-refractivity contribution in [3.05, 3.63) is 59.4 Å². The van der Waals surface area contributed by atoms with Crippen molar-refractivity contribution in [3.8, 4) is 17.2 Å². The molecule has 0 saturated heterocycles. The van der Waals surface area contributed by atoms with Crippen LogP contribution in [0.15, 0.2) is 42.5 Å². The molecule has 0 aromatic heterocycles. The lowest BCUT2D eigenvalue weighted by Gasteiger charge is -2.12. The molecule has 120 valence electrons. The molecule has 2 aromatic rings. The quantitative estimate of drug-likeness (QED) is 0.601. The summed E-state index contributed by atoms with van der Waals surface area (Å²) < 4.78 is 29.3. The third kappa shape index (κ3) is 3.69. The molecule has 2 aromatic carbocycles. The van der Waals surface area contributed by atoms with Crippen molar-refractivity contribution < 1.29 is 23.4 Å². The van der Waals surface area contributed by atoms with Gasteiger partial charge >= 0.3 is 0 Å². The maximum absolute atomic E-state index is 13.6. The minimum Gasteiger partial charge on any atom is -0.496 e. The standard InChI is InChI=1S/C18H17FO4/c1-21-16-11-18(23-3)17(22-2)10-12(16)8-9-15(20)13-6-4-5-7-14(13)19/h4-11H,1-3H3/b9-8+. The zero-order valence-electron chi connectivity index (χ0n) is 13.1. The van der Waals surface area contributed by atoms with Crippen molar-refractivity contribution in [1.29, 1.82) is 0 Å². The summed E-state index contributed by atoms with van der Waals surface area (Å²) >= 11 is 0. The van der Waals surface area contributed by atoms with Crippen LogP contribution in [0.25, 0.3) is 6.08 Å². The summed E-state index contributed by atoms with van der Waals surface area (Å²) in [5, 5.41) is 0. The summed E-state index contributed by atoms with van der Waals surface area (Å²) in [4.78, 5) is 12.1. The zero-order valence-corrected chi connectivity index (χ0v) is 13.1. The van der Waals surface area contributed by atoms with Crippen LogP contribution in [-0.2, 0) is 0 Å². The summed E-state index contributed by atoms with van der Waals surface area (Å²) in [7, 11) is 4.55. The number of ketones is 1. The van der Waals surface area contributed by atoms with Gasteiger partial charge in [-0.15, -0.1) is 0 Å². The molecule has 0 unspecified atom stereocenters. The smallest absolute Gasteiger partial charge is 0.188 e. The first kappa shape index (κ1) is 16.5. The largest absolute Gasteiger partial charge is 0.496 e. The number of carbonyl (C=O) groups is 1. The maximum Gasteiger partial charge on any atom is 0.188 e. The molecule has 0 aliphatic rings. The number of benzene rings is 2. The number of hydrogen-bond donors (Lipinski definition) is 0. The van der Waals surface area contributed by atoms with Gasteiger partial charge in [-0.05, 0) is 30.4 Å². The SMILES string of the molecule is COc1cc(OC)c(OC)cc1/C=C/C(=O)c1ccccc1F. The topological polar surface area (TPSA) is 44.8 Å². The zero-order chi connectivity index (χ0) is 16.8. The van der Waals surface area contributed by atoms with E-state index in [0.29, 0.717) is 22.8 Å². The van der Waals surface area contributed by atoms with Gasteiger partial charge in [-0.1, -0.05) is 12.1 Å². The lowest BCUT2D eigenvalue weighted by Crippen LogP contribution is -1.98. The van der Waals surface area contributed by atoms with Crippen LogP contribution in [0.1, 0.15) is 15.9 Å². The molecule has 0 amide bonds. The van der Waals surface area contributed by atoms with E-state index < -0.39 is 11.6 Å². The summed E-state index contributed by atoms with van der Waals surface area (Å²) in [5.41, 5.74) is 0.637. The average molecular weight is 316 g/mol. The summed E-state index contributed by atoms with van der Waals surface area (Å²) in [5.74, 6) is 0.551. The van der Waals surface area contributed by atoms with Gasteiger partial charge < -0.3 is 14.2 Å². The van der Waals surface area contributed by atoms with Crippen LogP contribution >= 0.6 is 0 Å². The second kappa shape index (κ2) is 7.45. The van der Waals surface area contributed by atoms with Gasteiger partial charge in [0, 0.05) is 11.6 Å². The fourth-order valence-corrected chi connectivity index (χ4v) is 2.10. The van der Waals surface area contributed by atoms with Crippen LogP contribution in [-0.4, -0.2) is 27.1 Å². The first-order valence-corrected chi connectivity index (χ1v) is 6.87. The number of halogens is 1. The molecule has 0 aliphatic heterocycles. The highest BCUT2D eigenvalue weighted by Crippen LogP contribution is 2.35. The van der Waals surface area contributed by atoms with E-state index in [0.717, 1.165) is 0 Å². The second-order valence-corrected chi connectivity index (χ2v) is 4.63.